The van der Waals surface area contributed by atoms with Gasteiger partial charge in [0.05, 0.1) is 19.2 Å². The van der Waals surface area contributed by atoms with Crippen molar-refractivity contribution in [1.29, 1.82) is 0 Å². The Morgan fingerprint density at radius 3 is 1.88 bits per heavy atom. The summed E-state index contributed by atoms with van der Waals surface area (Å²) < 4.78 is 127. The van der Waals surface area contributed by atoms with Gasteiger partial charge in [-0.25, -0.2) is 0 Å². The Bertz CT molecular complexity index is 3240. The lowest BCUT2D eigenvalue weighted by Crippen LogP contribution is -1.91. The SMILES string of the molecule is [2H]c1c([2H])c([2H])c2c(oc3c([2H])c([2H])c([2H])c(-c4c5ccccc5c(-c5cccc(-c6c([2H])c([2H])c7c([2H])c([2H])c([2H])c([2H])c7c6[2H])c5)c5ccccc45)c32)c1[2H]. The Kier molecular flexibility index (Phi) is 3.07. The molecule has 1 nitrogen and oxygen atoms in total. The van der Waals surface area contributed by atoms with E-state index < -0.39 is 66.5 Å². The molecule has 0 unspecified atom stereocenters. The van der Waals surface area contributed by atoms with Crippen LogP contribution in [-0.4, -0.2) is 0 Å². The molecule has 0 saturated carbocycles. The minimum Gasteiger partial charge on any atom is -0.456 e. The second-order valence-corrected chi connectivity index (χ2v) is 10.2. The van der Waals surface area contributed by atoms with Gasteiger partial charge in [-0.2, -0.15) is 0 Å². The van der Waals surface area contributed by atoms with Gasteiger partial charge in [0.15, 0.2) is 0 Å². The molecule has 0 aliphatic carbocycles. The minimum absolute atomic E-state index is 0.00402. The van der Waals surface area contributed by atoms with Crippen LogP contribution in [0.25, 0.3) is 87.6 Å². The van der Waals surface area contributed by atoms with Crippen LogP contribution in [0.5, 0.6) is 0 Å². The van der Waals surface area contributed by atoms with E-state index in [1.165, 1.54) is 0 Å². The van der Waals surface area contributed by atoms with Crippen LogP contribution in [0.4, 0.5) is 0 Å². The molecular weight excluding hydrogens is 520 g/mol. The van der Waals surface area contributed by atoms with Gasteiger partial charge in [0.2, 0.25) is 0 Å². The smallest absolute Gasteiger partial charge is 0.136 e. The van der Waals surface area contributed by atoms with Crippen LogP contribution < -0.4 is 0 Å². The molecule has 9 aromatic rings. The van der Waals surface area contributed by atoms with Crippen molar-refractivity contribution in [2.45, 2.75) is 0 Å². The summed E-state index contributed by atoms with van der Waals surface area (Å²) >= 11 is 0. The van der Waals surface area contributed by atoms with E-state index in [-0.39, 0.29) is 62.0 Å². The maximum atomic E-state index is 9.31. The van der Waals surface area contributed by atoms with E-state index in [0.717, 1.165) is 5.56 Å². The summed E-state index contributed by atoms with van der Waals surface area (Å²) in [6, 6.07) is 15.6. The Labute approximate surface area is 268 Å². The van der Waals surface area contributed by atoms with Gasteiger partial charge < -0.3 is 4.42 Å². The summed E-state index contributed by atoms with van der Waals surface area (Å²) in [5.74, 6) is 0. The van der Waals surface area contributed by atoms with E-state index in [1.807, 2.05) is 54.6 Å². The second kappa shape index (κ2) is 9.44. The van der Waals surface area contributed by atoms with Crippen molar-refractivity contribution in [1.82, 2.24) is 0 Å². The monoisotopic (exact) mass is 560 g/mol. The highest BCUT2D eigenvalue weighted by atomic mass is 16.3. The van der Waals surface area contributed by atoms with Crippen LogP contribution in [0, 0.1) is 0 Å². The van der Waals surface area contributed by atoms with E-state index in [1.54, 1.807) is 18.2 Å². The second-order valence-electron chi connectivity index (χ2n) is 10.2. The summed E-state index contributed by atoms with van der Waals surface area (Å²) in [5, 5.41) is 2.42. The average molecular weight is 561 g/mol. The van der Waals surface area contributed by atoms with Crippen molar-refractivity contribution in [3.8, 4) is 33.4 Å². The standard InChI is InChI=1S/C42H26O/c1-2-12-28-25-30(24-23-27(28)11-1)29-13-9-14-31(26-29)40-32-15-3-5-17-34(32)41(35-18-6-4-16-33(35)40)37-20-10-22-39-42(37)36-19-7-8-21-38(36)43-39/h1-26H/i1D,2D,7D,8D,10D,11D,12D,19D,20D,21D,22D,23D,24D,25D. The molecule has 0 saturated heterocycles. The molecule has 0 aliphatic heterocycles. The van der Waals surface area contributed by atoms with Crippen molar-refractivity contribution in [3.63, 3.8) is 0 Å². The van der Waals surface area contributed by atoms with Gasteiger partial charge in [0.1, 0.15) is 11.2 Å². The number of furan rings is 1. The fourth-order valence-corrected chi connectivity index (χ4v) is 6.01. The lowest BCUT2D eigenvalue weighted by atomic mass is 9.84. The molecule has 0 N–H and O–H groups in total. The first-order valence-corrected chi connectivity index (χ1v) is 13.6. The topological polar surface area (TPSA) is 13.1 Å². The number of para-hydroxylation sites is 1. The Hall–Kier alpha value is -5.66. The number of benzene rings is 8. The molecule has 0 atom stereocenters. The van der Waals surface area contributed by atoms with Crippen molar-refractivity contribution in [2.24, 2.45) is 0 Å². The van der Waals surface area contributed by atoms with Gasteiger partial charge in [-0.15, -0.1) is 0 Å². The minimum atomic E-state index is -0.546. The highest BCUT2D eigenvalue weighted by Gasteiger charge is 2.20. The maximum Gasteiger partial charge on any atom is 0.136 e. The van der Waals surface area contributed by atoms with Crippen LogP contribution in [0.15, 0.2) is 162 Å². The van der Waals surface area contributed by atoms with Crippen LogP contribution in [0.2, 0.25) is 0 Å². The lowest BCUT2D eigenvalue weighted by Gasteiger charge is -2.18. The van der Waals surface area contributed by atoms with Crippen LogP contribution >= 0.6 is 0 Å². The first-order chi connectivity index (χ1) is 27.2. The van der Waals surface area contributed by atoms with E-state index in [9.17, 15) is 1.37 Å². The molecule has 1 heteroatoms. The van der Waals surface area contributed by atoms with E-state index >= 15 is 0 Å². The van der Waals surface area contributed by atoms with Gasteiger partial charge in [0.25, 0.3) is 0 Å². The third-order valence-corrected chi connectivity index (χ3v) is 7.82. The molecule has 0 radical (unpaired) electrons. The van der Waals surface area contributed by atoms with Gasteiger partial charge in [-0.3, -0.25) is 0 Å². The summed E-state index contributed by atoms with van der Waals surface area (Å²) in [6.45, 7) is 0. The summed E-state index contributed by atoms with van der Waals surface area (Å²) in [7, 11) is 0. The van der Waals surface area contributed by atoms with Crippen LogP contribution in [0.1, 0.15) is 19.2 Å². The number of hydrogen-bond acceptors (Lipinski definition) is 1. The molecule has 0 bridgehead atoms. The van der Waals surface area contributed by atoms with Crippen LogP contribution in [0.3, 0.4) is 0 Å². The molecule has 1 aromatic heterocycles. The molecule has 0 spiro atoms. The van der Waals surface area contributed by atoms with Gasteiger partial charge in [0, 0.05) is 10.8 Å². The van der Waals surface area contributed by atoms with E-state index in [2.05, 4.69) is 0 Å². The fraction of sp³-hybridized carbons (Fsp3) is 0. The van der Waals surface area contributed by atoms with Gasteiger partial charge in [-0.05, 0) is 89.9 Å². The molecule has 200 valence electrons. The zero-order valence-corrected chi connectivity index (χ0v) is 22.3. The quantitative estimate of drug-likeness (QED) is 0.196. The lowest BCUT2D eigenvalue weighted by molar-refractivity contribution is 0.669. The molecule has 1 heterocycles. The fourth-order valence-electron chi connectivity index (χ4n) is 6.01. The van der Waals surface area contributed by atoms with Gasteiger partial charge in [-0.1, -0.05) is 133 Å². The third kappa shape index (κ3) is 3.72. The number of hydrogen-bond donors (Lipinski definition) is 0. The first-order valence-electron chi connectivity index (χ1n) is 20.6. The Balaban J connectivity index is 1.39. The first kappa shape index (κ1) is 14.0. The van der Waals surface area contributed by atoms with Crippen molar-refractivity contribution >= 4 is 54.3 Å². The number of fused-ring (bicyclic) bond motifs is 6. The van der Waals surface area contributed by atoms with Gasteiger partial charge >= 0.3 is 0 Å². The predicted molar refractivity (Wildman–Crippen MR) is 183 cm³/mol. The Morgan fingerprint density at radius 1 is 0.442 bits per heavy atom. The highest BCUT2D eigenvalue weighted by Crippen LogP contribution is 2.47. The van der Waals surface area contributed by atoms with E-state index in [4.69, 9.17) is 22.2 Å². The Morgan fingerprint density at radius 2 is 1.09 bits per heavy atom. The molecule has 0 fully saturated rings. The van der Waals surface area contributed by atoms with E-state index in [0.29, 0.717) is 38.2 Å². The molecule has 43 heavy (non-hydrogen) atoms. The van der Waals surface area contributed by atoms with Crippen molar-refractivity contribution in [2.75, 3.05) is 0 Å². The molecule has 8 aromatic carbocycles. The maximum absolute atomic E-state index is 9.31. The molecule has 9 rings (SSSR count). The summed E-state index contributed by atoms with van der Waals surface area (Å²) in [5.41, 5.74) is 2.12. The molecule has 0 amide bonds. The van der Waals surface area contributed by atoms with Crippen LogP contribution in [-0.2, 0) is 0 Å². The van der Waals surface area contributed by atoms with Crippen molar-refractivity contribution < 1.29 is 23.6 Å². The zero-order valence-electron chi connectivity index (χ0n) is 36.3. The molecule has 0 aliphatic rings. The normalized spacial score (nSPS) is 16.3. The summed E-state index contributed by atoms with van der Waals surface area (Å²) in [6.07, 6.45) is 0. The third-order valence-electron chi connectivity index (χ3n) is 7.82. The zero-order chi connectivity index (χ0) is 40.5. The largest absolute Gasteiger partial charge is 0.456 e. The predicted octanol–water partition coefficient (Wildman–Crippen LogP) is 12.0. The van der Waals surface area contributed by atoms with Crippen molar-refractivity contribution in [3.05, 3.63) is 157 Å². The number of rotatable bonds is 3. The average Bonchev–Trinajstić information content (AvgIpc) is 3.61. The molecular formula is C42H26O. The summed E-state index contributed by atoms with van der Waals surface area (Å²) in [4.78, 5) is 0. The highest BCUT2D eigenvalue weighted by molar-refractivity contribution is 6.25.